The number of benzene rings is 6. The number of hydrogen-bond acceptors (Lipinski definition) is 0. The smallest absolute Gasteiger partial charge is 0.201 e. The van der Waals surface area contributed by atoms with E-state index < -0.39 is 38.2 Å². The number of aryl methyl sites for hydroxylation is 21. The molecule has 12 aromatic rings. The molecule has 6 heterocycles. The zero-order valence-electron chi connectivity index (χ0n) is 75.4. The topological polar surface area (TPSA) is 23.3 Å². The van der Waals surface area contributed by atoms with E-state index in [9.17, 15) is 0 Å². The zero-order chi connectivity index (χ0) is 83.1. The van der Waals surface area contributed by atoms with Crippen molar-refractivity contribution >= 4 is 0 Å². The van der Waals surface area contributed by atoms with Crippen LogP contribution in [0.2, 0.25) is 0 Å². The predicted octanol–water partition coefficient (Wildman–Crippen LogP) is 18.6. The Hall–Kier alpha value is -9.78. The van der Waals surface area contributed by atoms with Gasteiger partial charge in [0.1, 0.15) is 42.3 Å². The van der Waals surface area contributed by atoms with Crippen LogP contribution < -0.4 is 27.4 Å². The van der Waals surface area contributed by atoms with Crippen LogP contribution in [0.25, 0.3) is 67.5 Å². The van der Waals surface area contributed by atoms with Gasteiger partial charge >= 0.3 is 0 Å². The van der Waals surface area contributed by atoms with E-state index in [2.05, 4.69) is 176 Å². The molecule has 0 atom stereocenters. The van der Waals surface area contributed by atoms with Crippen molar-refractivity contribution in [1.29, 1.82) is 0 Å². The van der Waals surface area contributed by atoms with Crippen LogP contribution in [0.4, 0.5) is 0 Å². The van der Waals surface area contributed by atoms with Gasteiger partial charge in [-0.25, -0.2) is 27.4 Å². The summed E-state index contributed by atoms with van der Waals surface area (Å²) in [6.07, 6.45) is 15.6. The van der Waals surface area contributed by atoms with Gasteiger partial charge in [0.05, 0.1) is 0 Å². The van der Waals surface area contributed by atoms with E-state index in [1.807, 2.05) is 142 Å². The van der Waals surface area contributed by atoms with E-state index in [-0.39, 0.29) is 19.3 Å². The second-order valence-corrected chi connectivity index (χ2v) is 28.8. The lowest BCUT2D eigenvalue weighted by atomic mass is 9.88. The minimum absolute atomic E-state index is 0.127. The Morgan fingerprint density at radius 2 is 0.519 bits per heavy atom. The van der Waals surface area contributed by atoms with Gasteiger partial charge in [0, 0.05) is 120 Å². The third-order valence-electron chi connectivity index (χ3n) is 21.5. The highest BCUT2D eigenvalue weighted by Gasteiger charge is 2.29. The Morgan fingerprint density at radius 1 is 0.231 bits per heavy atom. The third kappa shape index (κ3) is 16.3. The van der Waals surface area contributed by atoms with Crippen molar-refractivity contribution in [3.8, 4) is 67.5 Å². The molecule has 104 heavy (non-hydrogen) atoms. The molecule has 6 aliphatic rings. The normalized spacial score (nSPS) is 18.6. The standard InChI is InChI=1S/2C17H20N.4C16H18N/c1-13-7-3-6-10-16(13)17-11-14-8-4-5-9-15(14)12-18(17)2;1-13-7-3-5-9-15(13)17-16-10-6-4-8-14(16)11-12-18(17)2;2*1-12-6-3-4-9-15(12)16-10-13-7-5-8-14(13)11-17(16)2;2*1-12-6-3-4-8-14(12)16-15-9-5-7-13(15)10-11-17(16)2/h3,6-7,10-12H,4-5,8-9H2,1-2H3;3,5,7,9,11-12H,4,6,8,10H2,1-2H3;2*3-4,6,9-11H,5,7-8H2,1-2H3;2*3-4,6,8,10-11H,5,7,9H2,1-2H3/q6*+1/i8D2;8D2,10D2;7D2;;7D2,9D2;. The van der Waals surface area contributed by atoms with E-state index >= 15 is 0 Å². The summed E-state index contributed by atoms with van der Waals surface area (Å²) >= 11 is 0. The van der Waals surface area contributed by atoms with Crippen LogP contribution in [0, 0.1) is 41.5 Å². The van der Waals surface area contributed by atoms with Crippen molar-refractivity contribution in [3.05, 3.63) is 319 Å². The van der Waals surface area contributed by atoms with E-state index in [0.29, 0.717) is 35.1 Å². The number of aromatic nitrogens is 6. The lowest BCUT2D eigenvalue weighted by molar-refractivity contribution is -0.661. The fourth-order valence-corrected chi connectivity index (χ4v) is 15.8. The van der Waals surface area contributed by atoms with Crippen LogP contribution in [0.3, 0.4) is 0 Å². The molecule has 0 saturated carbocycles. The first kappa shape index (κ1) is 58.6. The SMILES string of the molecule is Cc1ccccc1-c1c2c(cc[n+]1C)CCC2.Cc1ccccc1-c1cc2c(c[n+]1C)CCC2.[2H]C1([2H])CC([2H])([2H])c2c1cc[n+](C)c2-c1ccccc1C.[2H]C1([2H])CCC([2H])([2H])c2c1cc[n+](C)c2-c1ccccc1C.[2H]C1([2H])CCCc2c[n+](C)c(-c3ccccc3C)cc21.[2H]C1([2H])CCc2c[n+](C)c(-c3ccccc3C)cc21. The first-order chi connectivity index (χ1) is 55.0. The summed E-state index contributed by atoms with van der Waals surface area (Å²) in [7, 11) is 12.2. The van der Waals surface area contributed by atoms with E-state index in [0.717, 1.165) is 86.5 Å². The van der Waals surface area contributed by atoms with Crippen molar-refractivity contribution in [3.63, 3.8) is 0 Å². The lowest BCUT2D eigenvalue weighted by Gasteiger charge is -2.17. The van der Waals surface area contributed by atoms with Crippen LogP contribution in [0.5, 0.6) is 0 Å². The highest BCUT2D eigenvalue weighted by Crippen LogP contribution is 2.36. The van der Waals surface area contributed by atoms with E-state index in [1.165, 1.54) is 100.0 Å². The molecule has 0 saturated heterocycles. The fraction of sp³-hybridized carbons (Fsp3) is 0.327. The van der Waals surface area contributed by atoms with E-state index in [1.54, 1.807) is 28.8 Å². The molecule has 528 valence electrons. The number of nitrogens with zero attached hydrogens (tertiary/aromatic N) is 6. The summed E-state index contributed by atoms with van der Waals surface area (Å²) in [5, 5.41) is 0. The first-order valence-electron chi connectivity index (χ1n) is 43.5. The molecular weight excluding hydrogens is 1260 g/mol. The largest absolute Gasteiger partial charge is 0.216 e. The summed E-state index contributed by atoms with van der Waals surface area (Å²) < 4.78 is 112. The number of hydrogen-bond donors (Lipinski definition) is 0. The Labute approximate surface area is 639 Å². The molecule has 6 heteroatoms. The Balaban J connectivity index is 0.000000121. The van der Waals surface area contributed by atoms with Crippen LogP contribution >= 0.6 is 0 Å². The zero-order valence-corrected chi connectivity index (χ0v) is 63.4. The summed E-state index contributed by atoms with van der Waals surface area (Å²) in [6, 6.07) is 61.8. The van der Waals surface area contributed by atoms with Gasteiger partial charge in [0.2, 0.25) is 34.2 Å². The summed E-state index contributed by atoms with van der Waals surface area (Å²) in [5.41, 5.74) is 32.9. The second-order valence-electron chi connectivity index (χ2n) is 28.8. The summed E-state index contributed by atoms with van der Waals surface area (Å²) in [4.78, 5) is 0. The molecule has 6 aromatic heterocycles. The molecule has 0 fully saturated rings. The Bertz CT molecular complexity index is 5710. The molecule has 18 rings (SSSR count). The molecule has 0 radical (unpaired) electrons. The van der Waals surface area contributed by atoms with Crippen molar-refractivity contribution < 1.29 is 43.9 Å². The molecule has 6 nitrogen and oxygen atoms in total. The molecular formula is C98H112N6+6. The maximum absolute atomic E-state index is 8.43. The highest BCUT2D eigenvalue weighted by molar-refractivity contribution is 5.69. The first-order valence-corrected chi connectivity index (χ1v) is 37.5. The fourth-order valence-electron chi connectivity index (χ4n) is 15.8. The van der Waals surface area contributed by atoms with Crippen molar-refractivity contribution in [2.45, 2.75) is 170 Å². The molecule has 6 aliphatic carbocycles. The maximum Gasteiger partial charge on any atom is 0.216 e. The maximum atomic E-state index is 8.43. The van der Waals surface area contributed by atoms with Gasteiger partial charge in [-0.05, 0) is 273 Å². The Kier molecular flexibility index (Phi) is 18.8. The second kappa shape index (κ2) is 33.3. The molecule has 0 aliphatic heterocycles. The molecule has 0 amide bonds. The van der Waals surface area contributed by atoms with Gasteiger partial charge in [-0.1, -0.05) is 109 Å². The van der Waals surface area contributed by atoms with Crippen LogP contribution in [0.15, 0.2) is 219 Å². The van der Waals surface area contributed by atoms with Gasteiger partial charge in [-0.15, -0.1) is 0 Å². The molecule has 0 spiro atoms. The van der Waals surface area contributed by atoms with Crippen LogP contribution in [0.1, 0.15) is 168 Å². The van der Waals surface area contributed by atoms with Crippen LogP contribution in [-0.4, -0.2) is 0 Å². The van der Waals surface area contributed by atoms with Crippen molar-refractivity contribution in [1.82, 2.24) is 0 Å². The van der Waals surface area contributed by atoms with Gasteiger partial charge < -0.3 is 0 Å². The molecule has 0 bridgehead atoms. The average molecular weight is 1390 g/mol. The molecule has 0 unspecified atom stereocenters. The minimum atomic E-state index is -1.66. The molecule has 0 N–H and O–H groups in total. The van der Waals surface area contributed by atoms with E-state index in [4.69, 9.17) is 16.4 Å². The summed E-state index contributed by atoms with van der Waals surface area (Å²) in [6.45, 7) is 12.6. The van der Waals surface area contributed by atoms with Crippen molar-refractivity contribution in [2.24, 2.45) is 42.3 Å². The van der Waals surface area contributed by atoms with Gasteiger partial charge in [-0.3, -0.25) is 0 Å². The predicted molar refractivity (Wildman–Crippen MR) is 428 cm³/mol. The quantitative estimate of drug-likeness (QED) is 0.148. The Morgan fingerprint density at radius 3 is 0.962 bits per heavy atom. The third-order valence-corrected chi connectivity index (χ3v) is 21.5. The van der Waals surface area contributed by atoms with Gasteiger partial charge in [0.25, 0.3) is 0 Å². The average Bonchev–Trinajstić information content (AvgIpc) is 1.70. The van der Waals surface area contributed by atoms with Gasteiger partial charge in [0.15, 0.2) is 37.2 Å². The van der Waals surface area contributed by atoms with Gasteiger partial charge in [-0.2, -0.15) is 0 Å². The monoisotopic (exact) mass is 1380 g/mol. The van der Waals surface area contributed by atoms with Crippen LogP contribution in [-0.2, 0) is 119 Å². The highest BCUT2D eigenvalue weighted by atomic mass is 14.9. The number of pyridine rings is 6. The molecule has 6 aromatic carbocycles. The number of rotatable bonds is 6. The summed E-state index contributed by atoms with van der Waals surface area (Å²) in [5.74, 6) is 0. The minimum Gasteiger partial charge on any atom is -0.201 e. The lowest BCUT2D eigenvalue weighted by Crippen LogP contribution is -2.33. The van der Waals surface area contributed by atoms with Crippen molar-refractivity contribution in [2.75, 3.05) is 0 Å². The number of fused-ring (bicyclic) bond motifs is 6.